The highest BCUT2D eigenvalue weighted by atomic mass is 16.5. The zero-order chi connectivity index (χ0) is 15.5. The van der Waals surface area contributed by atoms with E-state index in [0.29, 0.717) is 11.3 Å². The summed E-state index contributed by atoms with van der Waals surface area (Å²) in [5.74, 6) is 1.01. The van der Waals surface area contributed by atoms with Gasteiger partial charge in [0.25, 0.3) is 0 Å². The van der Waals surface area contributed by atoms with Gasteiger partial charge in [0, 0.05) is 5.92 Å². The van der Waals surface area contributed by atoms with E-state index in [4.69, 9.17) is 10.00 Å². The standard InChI is InChI=1S/C18H16N2O2/c1-22-14-8-6-12(7-9-14)15-10-16(15)18(21)20-17-5-3-2-4-13(17)11-19/h2-9,15-16H,10H2,1H3,(H,20,21). The second-order valence-electron chi connectivity index (χ2n) is 5.37. The predicted molar refractivity (Wildman–Crippen MR) is 83.6 cm³/mol. The minimum atomic E-state index is -0.0276. The zero-order valence-electron chi connectivity index (χ0n) is 12.2. The molecule has 1 N–H and O–H groups in total. The number of para-hydroxylation sites is 1. The highest BCUT2D eigenvalue weighted by molar-refractivity contribution is 5.96. The molecule has 3 rings (SSSR count). The lowest BCUT2D eigenvalue weighted by Crippen LogP contribution is -2.15. The SMILES string of the molecule is COc1ccc(C2CC2C(=O)Nc2ccccc2C#N)cc1. The Balaban J connectivity index is 1.66. The minimum Gasteiger partial charge on any atom is -0.497 e. The summed E-state index contributed by atoms with van der Waals surface area (Å²) in [7, 11) is 1.63. The summed E-state index contributed by atoms with van der Waals surface area (Å²) in [6, 6.07) is 17.0. The molecule has 4 heteroatoms. The maximum atomic E-state index is 12.3. The molecular weight excluding hydrogens is 276 g/mol. The van der Waals surface area contributed by atoms with Crippen LogP contribution in [0.1, 0.15) is 23.5 Å². The molecule has 1 fully saturated rings. The normalized spacial score (nSPS) is 19.1. The van der Waals surface area contributed by atoms with E-state index in [1.165, 1.54) is 0 Å². The Kier molecular flexibility index (Phi) is 3.80. The number of carbonyl (C=O) groups excluding carboxylic acids is 1. The van der Waals surface area contributed by atoms with Gasteiger partial charge in [0.2, 0.25) is 5.91 Å². The van der Waals surface area contributed by atoms with E-state index >= 15 is 0 Å². The molecule has 0 saturated heterocycles. The summed E-state index contributed by atoms with van der Waals surface area (Å²) in [6.45, 7) is 0. The first-order chi connectivity index (χ1) is 10.7. The quantitative estimate of drug-likeness (QED) is 0.940. The fourth-order valence-corrected chi connectivity index (χ4v) is 2.62. The number of amides is 1. The van der Waals surface area contributed by atoms with Crippen LogP contribution in [0.5, 0.6) is 5.75 Å². The summed E-state index contributed by atoms with van der Waals surface area (Å²) in [4.78, 5) is 12.3. The van der Waals surface area contributed by atoms with Gasteiger partial charge < -0.3 is 10.1 Å². The van der Waals surface area contributed by atoms with Gasteiger partial charge in [-0.05, 0) is 42.2 Å². The van der Waals surface area contributed by atoms with Crippen molar-refractivity contribution in [3.63, 3.8) is 0 Å². The van der Waals surface area contributed by atoms with Crippen LogP contribution in [-0.2, 0) is 4.79 Å². The average Bonchev–Trinajstić information content (AvgIpc) is 3.36. The second kappa shape index (κ2) is 5.90. The third kappa shape index (κ3) is 2.79. The van der Waals surface area contributed by atoms with Crippen molar-refractivity contribution in [3.8, 4) is 11.8 Å². The number of carbonyl (C=O) groups is 1. The minimum absolute atomic E-state index is 0.0245. The number of nitrogens with one attached hydrogen (secondary N) is 1. The average molecular weight is 292 g/mol. The monoisotopic (exact) mass is 292 g/mol. The number of rotatable bonds is 4. The van der Waals surface area contributed by atoms with Crippen molar-refractivity contribution in [2.75, 3.05) is 12.4 Å². The first-order valence-electron chi connectivity index (χ1n) is 7.17. The lowest BCUT2D eigenvalue weighted by atomic mass is 10.1. The van der Waals surface area contributed by atoms with Crippen molar-refractivity contribution in [2.45, 2.75) is 12.3 Å². The molecule has 0 radical (unpaired) electrons. The fraction of sp³-hybridized carbons (Fsp3) is 0.222. The number of nitriles is 1. The maximum Gasteiger partial charge on any atom is 0.228 e. The van der Waals surface area contributed by atoms with Gasteiger partial charge >= 0.3 is 0 Å². The van der Waals surface area contributed by atoms with E-state index < -0.39 is 0 Å². The number of hydrogen-bond donors (Lipinski definition) is 1. The Morgan fingerprint density at radius 2 is 1.95 bits per heavy atom. The summed E-state index contributed by atoms with van der Waals surface area (Å²) in [5, 5.41) is 11.9. The van der Waals surface area contributed by atoms with E-state index in [2.05, 4.69) is 11.4 Å². The third-order valence-electron chi connectivity index (χ3n) is 3.98. The molecule has 2 atom stereocenters. The van der Waals surface area contributed by atoms with Crippen molar-refractivity contribution in [3.05, 3.63) is 59.7 Å². The van der Waals surface area contributed by atoms with Gasteiger partial charge in [0.05, 0.1) is 18.4 Å². The number of ether oxygens (including phenoxy) is 1. The van der Waals surface area contributed by atoms with E-state index in [9.17, 15) is 4.79 Å². The van der Waals surface area contributed by atoms with Crippen LogP contribution in [0.4, 0.5) is 5.69 Å². The predicted octanol–water partition coefficient (Wildman–Crippen LogP) is 3.31. The molecule has 2 aromatic carbocycles. The molecule has 0 aliphatic heterocycles. The number of nitrogens with zero attached hydrogens (tertiary/aromatic N) is 1. The molecule has 110 valence electrons. The third-order valence-corrected chi connectivity index (χ3v) is 3.98. The van der Waals surface area contributed by atoms with E-state index in [0.717, 1.165) is 17.7 Å². The van der Waals surface area contributed by atoms with E-state index in [-0.39, 0.29) is 17.7 Å². The van der Waals surface area contributed by atoms with E-state index in [1.54, 1.807) is 25.3 Å². The topological polar surface area (TPSA) is 62.1 Å². The Morgan fingerprint density at radius 1 is 1.23 bits per heavy atom. The van der Waals surface area contributed by atoms with Crippen molar-refractivity contribution < 1.29 is 9.53 Å². The Morgan fingerprint density at radius 3 is 2.64 bits per heavy atom. The highest BCUT2D eigenvalue weighted by Gasteiger charge is 2.44. The summed E-state index contributed by atoms with van der Waals surface area (Å²) >= 11 is 0. The molecular formula is C18H16N2O2. The number of methoxy groups -OCH3 is 1. The molecule has 1 saturated carbocycles. The smallest absolute Gasteiger partial charge is 0.228 e. The maximum absolute atomic E-state index is 12.3. The fourth-order valence-electron chi connectivity index (χ4n) is 2.62. The van der Waals surface area contributed by atoms with Gasteiger partial charge in [-0.15, -0.1) is 0 Å². The zero-order valence-corrected chi connectivity index (χ0v) is 12.2. The van der Waals surface area contributed by atoms with Crippen LogP contribution in [0.3, 0.4) is 0 Å². The Hall–Kier alpha value is -2.80. The molecule has 1 aliphatic carbocycles. The van der Waals surface area contributed by atoms with Crippen molar-refractivity contribution in [2.24, 2.45) is 5.92 Å². The van der Waals surface area contributed by atoms with Crippen LogP contribution in [0.2, 0.25) is 0 Å². The van der Waals surface area contributed by atoms with E-state index in [1.807, 2.05) is 30.3 Å². The first-order valence-corrected chi connectivity index (χ1v) is 7.17. The molecule has 0 aromatic heterocycles. The summed E-state index contributed by atoms with van der Waals surface area (Å²) in [5.41, 5.74) is 2.21. The van der Waals surface area contributed by atoms with Gasteiger partial charge in [0.15, 0.2) is 0 Å². The number of anilines is 1. The van der Waals surface area contributed by atoms with Gasteiger partial charge in [-0.1, -0.05) is 24.3 Å². The highest BCUT2D eigenvalue weighted by Crippen LogP contribution is 2.48. The number of benzene rings is 2. The summed E-state index contributed by atoms with van der Waals surface area (Å²) < 4.78 is 5.14. The Bertz CT molecular complexity index is 731. The molecule has 22 heavy (non-hydrogen) atoms. The molecule has 1 amide bonds. The van der Waals surface area contributed by atoms with Crippen molar-refractivity contribution in [1.82, 2.24) is 0 Å². The molecule has 2 unspecified atom stereocenters. The second-order valence-corrected chi connectivity index (χ2v) is 5.37. The van der Waals surface area contributed by atoms with Crippen LogP contribution in [0.15, 0.2) is 48.5 Å². The van der Waals surface area contributed by atoms with Crippen LogP contribution in [0, 0.1) is 17.2 Å². The molecule has 2 aromatic rings. The lowest BCUT2D eigenvalue weighted by Gasteiger charge is -2.07. The van der Waals surface area contributed by atoms with Crippen LogP contribution < -0.4 is 10.1 Å². The molecule has 1 aliphatic rings. The lowest BCUT2D eigenvalue weighted by molar-refractivity contribution is -0.117. The molecule has 4 nitrogen and oxygen atoms in total. The Labute approximate surface area is 129 Å². The first kappa shape index (κ1) is 14.2. The molecule has 0 heterocycles. The van der Waals surface area contributed by atoms with Gasteiger partial charge in [-0.3, -0.25) is 4.79 Å². The van der Waals surface area contributed by atoms with Gasteiger partial charge in [-0.2, -0.15) is 5.26 Å². The van der Waals surface area contributed by atoms with Crippen LogP contribution >= 0.6 is 0 Å². The van der Waals surface area contributed by atoms with Gasteiger partial charge in [0.1, 0.15) is 11.8 Å². The molecule has 0 spiro atoms. The van der Waals surface area contributed by atoms with Crippen molar-refractivity contribution in [1.29, 1.82) is 5.26 Å². The number of hydrogen-bond acceptors (Lipinski definition) is 3. The van der Waals surface area contributed by atoms with Crippen LogP contribution in [0.25, 0.3) is 0 Å². The summed E-state index contributed by atoms with van der Waals surface area (Å²) in [6.07, 6.45) is 0.840. The van der Waals surface area contributed by atoms with Crippen molar-refractivity contribution >= 4 is 11.6 Å². The largest absolute Gasteiger partial charge is 0.497 e. The molecule has 0 bridgehead atoms. The van der Waals surface area contributed by atoms with Gasteiger partial charge in [-0.25, -0.2) is 0 Å². The van der Waals surface area contributed by atoms with Crippen LogP contribution in [-0.4, -0.2) is 13.0 Å².